The van der Waals surface area contributed by atoms with Crippen molar-refractivity contribution in [2.75, 3.05) is 39.5 Å². The molecule has 0 saturated carbocycles. The Morgan fingerprint density at radius 1 is 1.33 bits per heavy atom. The first-order valence-corrected chi connectivity index (χ1v) is 8.32. The minimum atomic E-state index is -0.946. The molecule has 2 atom stereocenters. The van der Waals surface area contributed by atoms with Crippen LogP contribution in [0.1, 0.15) is 12.0 Å². The van der Waals surface area contributed by atoms with Crippen molar-refractivity contribution in [1.29, 1.82) is 0 Å². The second kappa shape index (κ2) is 7.32. The normalized spacial score (nSPS) is 26.2. The predicted molar refractivity (Wildman–Crippen MR) is 86.5 cm³/mol. The molecule has 1 aromatic carbocycles. The molecule has 1 aromatic rings. The van der Waals surface area contributed by atoms with Crippen molar-refractivity contribution in [3.63, 3.8) is 0 Å². The van der Waals surface area contributed by atoms with Crippen LogP contribution >= 0.6 is 0 Å². The number of ether oxygens (including phenoxy) is 2. The van der Waals surface area contributed by atoms with Crippen LogP contribution in [0.4, 0.5) is 0 Å². The quantitative estimate of drug-likeness (QED) is 0.792. The fourth-order valence-electron chi connectivity index (χ4n) is 3.57. The molecular weight excluding hydrogens is 310 g/mol. The van der Waals surface area contributed by atoms with Crippen LogP contribution in [-0.4, -0.2) is 61.4 Å². The molecule has 0 unspecified atom stereocenters. The van der Waals surface area contributed by atoms with Crippen LogP contribution in [0.2, 0.25) is 0 Å². The third-order valence-corrected chi connectivity index (χ3v) is 5.05. The van der Waals surface area contributed by atoms with E-state index in [1.165, 1.54) is 5.56 Å². The summed E-state index contributed by atoms with van der Waals surface area (Å²) in [6.45, 7) is 1.92. The molecule has 24 heavy (non-hydrogen) atoms. The molecule has 2 aliphatic heterocycles. The second-order valence-electron chi connectivity index (χ2n) is 6.56. The molecule has 1 N–H and O–H groups in total. The molecule has 6 nitrogen and oxygen atoms in total. The summed E-state index contributed by atoms with van der Waals surface area (Å²) in [5.74, 6) is -1.04. The van der Waals surface area contributed by atoms with Gasteiger partial charge in [-0.05, 0) is 24.3 Å². The van der Waals surface area contributed by atoms with Crippen molar-refractivity contribution >= 4 is 11.9 Å². The molecule has 0 radical (unpaired) electrons. The van der Waals surface area contributed by atoms with Crippen molar-refractivity contribution in [3.05, 3.63) is 35.9 Å². The third kappa shape index (κ3) is 3.44. The highest BCUT2D eigenvalue weighted by atomic mass is 16.5. The van der Waals surface area contributed by atoms with Crippen LogP contribution in [0.5, 0.6) is 0 Å². The maximum atomic E-state index is 12.3. The Morgan fingerprint density at radius 3 is 2.83 bits per heavy atom. The fourth-order valence-corrected chi connectivity index (χ4v) is 3.57. The fraction of sp³-hybridized carbons (Fsp3) is 0.556. The first-order valence-electron chi connectivity index (χ1n) is 8.32. The molecule has 3 rings (SSSR count). The van der Waals surface area contributed by atoms with E-state index < -0.39 is 11.4 Å². The average molecular weight is 333 g/mol. The van der Waals surface area contributed by atoms with Crippen molar-refractivity contribution in [3.8, 4) is 0 Å². The smallest absolute Gasteiger partial charge is 0.314 e. The number of rotatable bonds is 6. The van der Waals surface area contributed by atoms with E-state index in [0.29, 0.717) is 26.2 Å². The summed E-state index contributed by atoms with van der Waals surface area (Å²) >= 11 is 0. The highest BCUT2D eigenvalue weighted by Gasteiger charge is 2.55. The maximum Gasteiger partial charge on any atom is 0.314 e. The van der Waals surface area contributed by atoms with Gasteiger partial charge in [0.25, 0.3) is 0 Å². The topological polar surface area (TPSA) is 76.1 Å². The average Bonchev–Trinajstić information content (AvgIpc) is 3.01. The van der Waals surface area contributed by atoms with Gasteiger partial charge in [0.15, 0.2) is 0 Å². The largest absolute Gasteiger partial charge is 0.481 e. The van der Waals surface area contributed by atoms with Crippen LogP contribution in [0.3, 0.4) is 0 Å². The molecular formula is C18H23NO5. The van der Waals surface area contributed by atoms with Gasteiger partial charge in [0, 0.05) is 19.7 Å². The number of hydrogen-bond acceptors (Lipinski definition) is 4. The van der Waals surface area contributed by atoms with E-state index >= 15 is 0 Å². The van der Waals surface area contributed by atoms with Gasteiger partial charge in [-0.25, -0.2) is 0 Å². The molecule has 130 valence electrons. The Labute approximate surface area is 141 Å². The summed E-state index contributed by atoms with van der Waals surface area (Å²) in [6.07, 6.45) is 1.44. The summed E-state index contributed by atoms with van der Waals surface area (Å²) in [4.78, 5) is 25.6. The van der Waals surface area contributed by atoms with Crippen LogP contribution in [-0.2, 0) is 25.5 Å². The Morgan fingerprint density at radius 2 is 2.12 bits per heavy atom. The number of nitrogens with zero attached hydrogens (tertiary/aromatic N) is 1. The molecule has 2 saturated heterocycles. The number of fused-ring (bicyclic) bond motifs is 1. The summed E-state index contributed by atoms with van der Waals surface area (Å²) < 4.78 is 10.9. The van der Waals surface area contributed by atoms with Crippen molar-refractivity contribution in [2.45, 2.75) is 12.8 Å². The summed E-state index contributed by atoms with van der Waals surface area (Å²) in [5, 5.41) is 9.59. The van der Waals surface area contributed by atoms with Crippen LogP contribution in [0.25, 0.3) is 0 Å². The number of aliphatic carboxylic acids is 1. The van der Waals surface area contributed by atoms with Gasteiger partial charge in [0.1, 0.15) is 12.0 Å². The molecule has 1 amide bonds. The van der Waals surface area contributed by atoms with Gasteiger partial charge in [-0.15, -0.1) is 0 Å². The molecule has 2 aliphatic rings. The number of benzene rings is 1. The molecule has 0 spiro atoms. The van der Waals surface area contributed by atoms with E-state index in [9.17, 15) is 14.7 Å². The first kappa shape index (κ1) is 16.9. The lowest BCUT2D eigenvalue weighted by atomic mass is 9.76. The zero-order valence-electron chi connectivity index (χ0n) is 13.6. The van der Waals surface area contributed by atoms with Gasteiger partial charge < -0.3 is 19.5 Å². The number of carboxylic acids is 1. The SMILES string of the molecule is O=C(COCCc1ccccc1)N1C[C@H]2CCOC[C@@]2(C(=O)O)C1. The van der Waals surface area contributed by atoms with Gasteiger partial charge >= 0.3 is 5.97 Å². The zero-order valence-corrected chi connectivity index (χ0v) is 13.6. The van der Waals surface area contributed by atoms with Gasteiger partial charge in [0.2, 0.25) is 5.91 Å². The molecule has 6 heteroatoms. The zero-order chi connectivity index (χ0) is 17.0. The Balaban J connectivity index is 1.48. The highest BCUT2D eigenvalue weighted by Crippen LogP contribution is 2.41. The standard InChI is InChI=1S/C18H23NO5/c20-16(11-23-8-6-14-4-2-1-3-5-14)19-10-15-7-9-24-13-18(15,12-19)17(21)22/h1-5,15H,6-13H2,(H,21,22)/t15-,18+/m1/s1. The molecule has 0 aromatic heterocycles. The van der Waals surface area contributed by atoms with E-state index in [4.69, 9.17) is 9.47 Å². The van der Waals surface area contributed by atoms with Gasteiger partial charge in [0.05, 0.1) is 13.2 Å². The van der Waals surface area contributed by atoms with E-state index in [1.807, 2.05) is 30.3 Å². The van der Waals surface area contributed by atoms with Crippen LogP contribution in [0.15, 0.2) is 30.3 Å². The lowest BCUT2D eigenvalue weighted by Gasteiger charge is -2.33. The van der Waals surface area contributed by atoms with E-state index in [1.54, 1.807) is 4.90 Å². The Bertz CT molecular complexity index is 590. The first-order chi connectivity index (χ1) is 11.6. The summed E-state index contributed by atoms with van der Waals surface area (Å²) in [5.41, 5.74) is 0.219. The molecule has 0 bridgehead atoms. The lowest BCUT2D eigenvalue weighted by molar-refractivity contribution is -0.160. The molecule has 2 fully saturated rings. The third-order valence-electron chi connectivity index (χ3n) is 5.05. The Kier molecular flexibility index (Phi) is 5.16. The van der Waals surface area contributed by atoms with Gasteiger partial charge in [-0.1, -0.05) is 30.3 Å². The van der Waals surface area contributed by atoms with Crippen molar-refractivity contribution in [2.24, 2.45) is 11.3 Å². The predicted octanol–water partition coefficient (Wildman–Crippen LogP) is 1.20. The number of carbonyl (C=O) groups excluding carboxylic acids is 1. The van der Waals surface area contributed by atoms with Crippen molar-refractivity contribution < 1.29 is 24.2 Å². The number of likely N-dealkylation sites (tertiary alicyclic amines) is 1. The number of hydrogen-bond donors (Lipinski definition) is 1. The number of amides is 1. The van der Waals surface area contributed by atoms with Crippen LogP contribution < -0.4 is 0 Å². The van der Waals surface area contributed by atoms with Gasteiger partial charge in [-0.3, -0.25) is 9.59 Å². The minimum Gasteiger partial charge on any atom is -0.481 e. The summed E-state index contributed by atoms with van der Waals surface area (Å²) in [7, 11) is 0. The van der Waals surface area contributed by atoms with Gasteiger partial charge in [-0.2, -0.15) is 0 Å². The minimum absolute atomic E-state index is 0.00386. The molecule has 2 heterocycles. The molecule has 0 aliphatic carbocycles. The monoisotopic (exact) mass is 333 g/mol. The maximum absolute atomic E-state index is 12.3. The highest BCUT2D eigenvalue weighted by molar-refractivity contribution is 5.82. The lowest BCUT2D eigenvalue weighted by Crippen LogP contribution is -2.46. The summed E-state index contributed by atoms with van der Waals surface area (Å²) in [6, 6.07) is 9.95. The van der Waals surface area contributed by atoms with E-state index in [2.05, 4.69) is 0 Å². The van der Waals surface area contributed by atoms with E-state index in [0.717, 1.165) is 6.42 Å². The number of carbonyl (C=O) groups is 2. The second-order valence-corrected chi connectivity index (χ2v) is 6.56. The Hall–Kier alpha value is -1.92. The van der Waals surface area contributed by atoms with E-state index in [-0.39, 0.29) is 31.6 Å². The number of carboxylic acid groups (broad SMARTS) is 1. The van der Waals surface area contributed by atoms with Crippen molar-refractivity contribution in [1.82, 2.24) is 4.90 Å². The van der Waals surface area contributed by atoms with Crippen LogP contribution in [0, 0.1) is 11.3 Å².